The zero-order valence-corrected chi connectivity index (χ0v) is 20.6. The lowest BCUT2D eigenvalue weighted by Crippen LogP contribution is -2.29. The van der Waals surface area contributed by atoms with Crippen LogP contribution in [0.25, 0.3) is 16.7 Å². The van der Waals surface area contributed by atoms with E-state index in [4.69, 9.17) is 21.1 Å². The lowest BCUT2D eigenvalue weighted by molar-refractivity contribution is -0.132. The number of nitrogens with one attached hydrogen (secondary N) is 1. The number of fused-ring (bicyclic) bond motifs is 1. The van der Waals surface area contributed by atoms with Crippen LogP contribution in [0.5, 0.6) is 11.5 Å². The molecule has 182 valence electrons. The first-order valence-corrected chi connectivity index (χ1v) is 11.6. The number of rotatable bonds is 5. The minimum atomic E-state index is -0.919. The van der Waals surface area contributed by atoms with Crippen molar-refractivity contribution in [2.24, 2.45) is 0 Å². The molecule has 3 aromatic carbocycles. The molecular formula is C28H23ClN2O5. The van der Waals surface area contributed by atoms with Crippen molar-refractivity contribution in [2.45, 2.75) is 13.0 Å². The Morgan fingerprint density at radius 1 is 1.00 bits per heavy atom. The number of aromatic amines is 1. The lowest BCUT2D eigenvalue weighted by Gasteiger charge is -2.26. The Labute approximate surface area is 212 Å². The highest BCUT2D eigenvalue weighted by atomic mass is 35.5. The highest BCUT2D eigenvalue weighted by Crippen LogP contribution is 2.46. The van der Waals surface area contributed by atoms with Gasteiger partial charge in [0.15, 0.2) is 0 Å². The van der Waals surface area contributed by atoms with Crippen molar-refractivity contribution in [1.82, 2.24) is 4.98 Å². The van der Waals surface area contributed by atoms with Crippen LogP contribution in [0.2, 0.25) is 5.02 Å². The number of H-pyrrole nitrogens is 1. The standard InChI is InChI=1S/C28H23ClN2O5/c1-15-23(19-9-4-5-10-21(19)30-15)25-24(26(32)20-13-16(29)11-12-22(20)36-3)27(33)28(34)31(25)17-7-6-8-18(14-17)35-2/h4-14,25,30,32H,1-3H3/b26-24+. The Bertz CT molecular complexity index is 1550. The summed E-state index contributed by atoms with van der Waals surface area (Å²) in [4.78, 5) is 31.9. The Morgan fingerprint density at radius 3 is 2.53 bits per heavy atom. The highest BCUT2D eigenvalue weighted by molar-refractivity contribution is 6.52. The van der Waals surface area contributed by atoms with E-state index < -0.39 is 17.7 Å². The van der Waals surface area contributed by atoms with E-state index in [0.29, 0.717) is 27.8 Å². The molecule has 1 aromatic heterocycles. The van der Waals surface area contributed by atoms with Crippen molar-refractivity contribution in [2.75, 3.05) is 19.1 Å². The smallest absolute Gasteiger partial charge is 0.300 e. The molecule has 1 unspecified atom stereocenters. The largest absolute Gasteiger partial charge is 0.507 e. The van der Waals surface area contributed by atoms with Crippen molar-refractivity contribution < 1.29 is 24.2 Å². The van der Waals surface area contributed by atoms with E-state index in [2.05, 4.69) is 4.98 Å². The number of Topliss-reactive ketones (excluding diaryl/α,β-unsaturated/α-hetero) is 1. The molecule has 2 N–H and O–H groups in total. The quantitative estimate of drug-likeness (QED) is 0.205. The molecule has 1 fully saturated rings. The minimum Gasteiger partial charge on any atom is -0.507 e. The van der Waals surface area contributed by atoms with Gasteiger partial charge in [0.1, 0.15) is 17.3 Å². The van der Waals surface area contributed by atoms with Crippen molar-refractivity contribution in [3.63, 3.8) is 0 Å². The van der Waals surface area contributed by atoms with E-state index in [1.807, 2.05) is 31.2 Å². The first-order chi connectivity index (χ1) is 17.3. The summed E-state index contributed by atoms with van der Waals surface area (Å²) >= 11 is 6.22. The van der Waals surface area contributed by atoms with Crippen LogP contribution in [0, 0.1) is 6.92 Å². The molecule has 1 aliphatic rings. The normalized spacial score (nSPS) is 17.1. The van der Waals surface area contributed by atoms with Gasteiger partial charge in [0, 0.05) is 38.9 Å². The molecule has 0 aliphatic carbocycles. The monoisotopic (exact) mass is 502 g/mol. The van der Waals surface area contributed by atoms with E-state index in [9.17, 15) is 14.7 Å². The van der Waals surface area contributed by atoms with Crippen molar-refractivity contribution in [3.8, 4) is 11.5 Å². The zero-order chi connectivity index (χ0) is 25.6. The van der Waals surface area contributed by atoms with Gasteiger partial charge in [-0.2, -0.15) is 0 Å². The van der Waals surface area contributed by atoms with Gasteiger partial charge < -0.3 is 19.6 Å². The molecule has 4 aromatic rings. The summed E-state index contributed by atoms with van der Waals surface area (Å²) in [7, 11) is 2.98. The average Bonchev–Trinajstić information content (AvgIpc) is 3.35. The highest BCUT2D eigenvalue weighted by Gasteiger charge is 2.48. The van der Waals surface area contributed by atoms with Gasteiger partial charge in [-0.25, -0.2) is 0 Å². The molecule has 5 rings (SSSR count). The fraction of sp³-hybridized carbons (Fsp3) is 0.143. The Balaban J connectivity index is 1.84. The summed E-state index contributed by atoms with van der Waals surface area (Å²) in [6, 6.07) is 18.3. The number of anilines is 1. The van der Waals surface area contributed by atoms with E-state index in [-0.39, 0.29) is 16.9 Å². The summed E-state index contributed by atoms with van der Waals surface area (Å²) in [5.74, 6) is -1.10. The predicted molar refractivity (Wildman–Crippen MR) is 139 cm³/mol. The number of benzene rings is 3. The number of hydrogen-bond donors (Lipinski definition) is 2. The third-order valence-corrected chi connectivity index (χ3v) is 6.64. The molecule has 1 atom stereocenters. The van der Waals surface area contributed by atoms with E-state index >= 15 is 0 Å². The van der Waals surface area contributed by atoms with Crippen LogP contribution in [0.3, 0.4) is 0 Å². The van der Waals surface area contributed by atoms with Crippen molar-refractivity contribution in [1.29, 1.82) is 0 Å². The van der Waals surface area contributed by atoms with Crippen molar-refractivity contribution >= 4 is 45.6 Å². The second kappa shape index (κ2) is 9.09. The first kappa shape index (κ1) is 23.5. The second-order valence-corrected chi connectivity index (χ2v) is 8.86. The number of ketones is 1. The molecule has 8 heteroatoms. The molecule has 2 heterocycles. The molecule has 1 aliphatic heterocycles. The van der Waals surface area contributed by atoms with E-state index in [1.54, 1.807) is 36.4 Å². The number of halogens is 1. The number of nitrogens with zero attached hydrogens (tertiary/aromatic N) is 1. The van der Waals surface area contributed by atoms with Gasteiger partial charge in [-0.3, -0.25) is 14.5 Å². The lowest BCUT2D eigenvalue weighted by atomic mass is 9.93. The van der Waals surface area contributed by atoms with Crippen LogP contribution in [0.15, 0.2) is 72.3 Å². The van der Waals surface area contributed by atoms with Crippen LogP contribution in [-0.4, -0.2) is 36.0 Å². The summed E-state index contributed by atoms with van der Waals surface area (Å²) in [5, 5.41) is 12.7. The number of aromatic nitrogens is 1. The molecular weight excluding hydrogens is 480 g/mol. The van der Waals surface area contributed by atoms with Crippen LogP contribution < -0.4 is 14.4 Å². The zero-order valence-electron chi connectivity index (χ0n) is 19.8. The molecule has 7 nitrogen and oxygen atoms in total. The number of ether oxygens (including phenoxy) is 2. The molecule has 1 saturated heterocycles. The summed E-state index contributed by atoms with van der Waals surface area (Å²) in [6.45, 7) is 1.88. The summed E-state index contributed by atoms with van der Waals surface area (Å²) in [6.07, 6.45) is 0. The average molecular weight is 503 g/mol. The molecule has 0 radical (unpaired) electrons. The fourth-order valence-corrected chi connectivity index (χ4v) is 4.97. The van der Waals surface area contributed by atoms with Crippen LogP contribution in [-0.2, 0) is 9.59 Å². The van der Waals surface area contributed by atoms with Gasteiger partial charge in [-0.1, -0.05) is 35.9 Å². The van der Waals surface area contributed by atoms with E-state index in [1.165, 1.54) is 25.2 Å². The van der Waals surface area contributed by atoms with Crippen LogP contribution in [0.1, 0.15) is 22.9 Å². The number of carbonyl (C=O) groups excluding carboxylic acids is 2. The number of amides is 1. The maximum Gasteiger partial charge on any atom is 0.300 e. The van der Waals surface area contributed by atoms with E-state index in [0.717, 1.165) is 16.6 Å². The van der Waals surface area contributed by atoms with Crippen molar-refractivity contribution in [3.05, 3.63) is 94.1 Å². The summed E-state index contributed by atoms with van der Waals surface area (Å²) < 4.78 is 10.8. The minimum absolute atomic E-state index is 0.0590. The van der Waals surface area contributed by atoms with Crippen LogP contribution >= 0.6 is 11.6 Å². The van der Waals surface area contributed by atoms with Gasteiger partial charge in [0.05, 0.1) is 31.4 Å². The number of hydrogen-bond acceptors (Lipinski definition) is 5. The maximum absolute atomic E-state index is 13.6. The van der Waals surface area contributed by atoms with Gasteiger partial charge >= 0.3 is 0 Å². The maximum atomic E-state index is 13.6. The van der Waals surface area contributed by atoms with Crippen LogP contribution in [0.4, 0.5) is 5.69 Å². The Hall–Kier alpha value is -4.23. The Kier molecular flexibility index (Phi) is 5.94. The SMILES string of the molecule is COc1cccc(N2C(=O)C(=O)/C(=C(/O)c3cc(Cl)ccc3OC)C2c2c(C)[nH]c3ccccc23)c1. The Morgan fingerprint density at radius 2 is 1.78 bits per heavy atom. The number of aliphatic hydroxyl groups excluding tert-OH is 1. The van der Waals surface area contributed by atoms with Gasteiger partial charge in [-0.15, -0.1) is 0 Å². The number of aliphatic hydroxyl groups is 1. The second-order valence-electron chi connectivity index (χ2n) is 8.42. The van der Waals surface area contributed by atoms with Gasteiger partial charge in [0.2, 0.25) is 0 Å². The summed E-state index contributed by atoms with van der Waals surface area (Å²) in [5.41, 5.74) is 2.94. The predicted octanol–water partition coefficient (Wildman–Crippen LogP) is 5.77. The third-order valence-electron chi connectivity index (χ3n) is 6.41. The number of carbonyl (C=O) groups is 2. The van der Waals surface area contributed by atoms with Gasteiger partial charge in [0.25, 0.3) is 11.7 Å². The number of aryl methyl sites for hydroxylation is 1. The molecule has 0 bridgehead atoms. The fourth-order valence-electron chi connectivity index (χ4n) is 4.79. The number of methoxy groups -OCH3 is 2. The molecule has 1 amide bonds. The van der Waals surface area contributed by atoms with Gasteiger partial charge in [-0.05, 0) is 43.3 Å². The molecule has 36 heavy (non-hydrogen) atoms. The molecule has 0 spiro atoms. The topological polar surface area (TPSA) is 91.9 Å². The first-order valence-electron chi connectivity index (χ1n) is 11.2. The third kappa shape index (κ3) is 3.69. The molecule has 0 saturated carbocycles. The number of para-hydroxylation sites is 1.